The lowest BCUT2D eigenvalue weighted by atomic mass is 10.3. The number of nitrogens with zero attached hydrogens (tertiary/aromatic N) is 1. The molecule has 3 aromatic rings. The Balaban J connectivity index is 2.06. The lowest BCUT2D eigenvalue weighted by Crippen LogP contribution is -2.04. The first-order valence-corrected chi connectivity index (χ1v) is 8.51. The number of furan rings is 1. The van der Waals surface area contributed by atoms with E-state index in [0.29, 0.717) is 5.09 Å². The smallest absolute Gasteiger partial charge is 0.360 e. The number of hydrogen-bond acceptors (Lipinski definition) is 6. The highest BCUT2D eigenvalue weighted by atomic mass is 32.2. The quantitative estimate of drug-likeness (QED) is 0.620. The molecular formula is C13H11N2O5PS. The minimum atomic E-state index is -4.49. The van der Waals surface area contributed by atoms with Gasteiger partial charge in [-0.15, -0.1) is 0 Å². The summed E-state index contributed by atoms with van der Waals surface area (Å²) in [5, 5.41) is 0.0454. The van der Waals surface area contributed by atoms with Crippen LogP contribution in [0, 0.1) is 0 Å². The Morgan fingerprint density at radius 2 is 1.91 bits per heavy atom. The topological polar surface area (TPSA) is 123 Å². The average Bonchev–Trinajstić information content (AvgIpc) is 3.06. The van der Waals surface area contributed by atoms with Gasteiger partial charge in [-0.3, -0.25) is 4.57 Å². The number of hydrogen-bond donors (Lipinski definition) is 3. The van der Waals surface area contributed by atoms with Crippen molar-refractivity contribution in [2.75, 3.05) is 5.73 Å². The molecule has 0 aliphatic rings. The third-order valence-corrected chi connectivity index (χ3v) is 4.69. The first kappa shape index (κ1) is 14.9. The summed E-state index contributed by atoms with van der Waals surface area (Å²) in [5.41, 5.74) is 5.73. The van der Waals surface area contributed by atoms with Crippen LogP contribution in [-0.2, 0) is 4.57 Å². The van der Waals surface area contributed by atoms with Crippen LogP contribution in [0.1, 0.15) is 0 Å². The van der Waals surface area contributed by atoms with E-state index in [4.69, 9.17) is 14.6 Å². The summed E-state index contributed by atoms with van der Waals surface area (Å²) in [6.07, 6.45) is 1.19. The third kappa shape index (κ3) is 2.95. The number of oxazole rings is 1. The van der Waals surface area contributed by atoms with Gasteiger partial charge in [0, 0.05) is 4.90 Å². The molecule has 0 saturated carbocycles. The minimum absolute atomic E-state index is 0.0489. The summed E-state index contributed by atoms with van der Waals surface area (Å²) in [6, 6.07) is 10.4. The molecule has 114 valence electrons. The Hall–Kier alpha value is -1.99. The zero-order valence-corrected chi connectivity index (χ0v) is 12.8. The molecule has 0 bridgehead atoms. The van der Waals surface area contributed by atoms with Crippen molar-refractivity contribution in [2.45, 2.75) is 9.99 Å². The van der Waals surface area contributed by atoms with E-state index in [9.17, 15) is 14.4 Å². The van der Waals surface area contributed by atoms with Crippen LogP contribution in [-0.4, -0.2) is 14.8 Å². The summed E-state index contributed by atoms with van der Waals surface area (Å²) in [5.74, 6) is -0.0489. The fourth-order valence-electron chi connectivity index (χ4n) is 1.84. The zero-order valence-electron chi connectivity index (χ0n) is 11.0. The molecule has 0 amide bonds. The largest absolute Gasteiger partial charge is 0.462 e. The number of anilines is 1. The van der Waals surface area contributed by atoms with Crippen LogP contribution in [0.25, 0.3) is 11.5 Å². The van der Waals surface area contributed by atoms with Gasteiger partial charge >= 0.3 is 7.60 Å². The molecule has 2 heterocycles. The van der Waals surface area contributed by atoms with Crippen molar-refractivity contribution < 1.29 is 23.2 Å². The van der Waals surface area contributed by atoms with Crippen molar-refractivity contribution in [3.63, 3.8) is 0 Å². The van der Waals surface area contributed by atoms with E-state index in [1.54, 1.807) is 0 Å². The molecule has 0 radical (unpaired) electrons. The van der Waals surface area contributed by atoms with Gasteiger partial charge in [-0.2, -0.15) is 4.98 Å². The SMILES string of the molecule is Nc1nc(-c2occc2P(=O)(O)O)c(Sc2ccccc2)o1. The predicted octanol–water partition coefficient (Wildman–Crippen LogP) is 2.47. The Morgan fingerprint density at radius 1 is 1.18 bits per heavy atom. The highest BCUT2D eigenvalue weighted by Crippen LogP contribution is 2.42. The number of aromatic nitrogens is 1. The summed E-state index contributed by atoms with van der Waals surface area (Å²) >= 11 is 1.23. The Morgan fingerprint density at radius 3 is 2.59 bits per heavy atom. The lowest BCUT2D eigenvalue weighted by molar-refractivity contribution is 0.387. The Kier molecular flexibility index (Phi) is 3.84. The minimum Gasteiger partial charge on any atom is -0.462 e. The van der Waals surface area contributed by atoms with Crippen molar-refractivity contribution in [1.82, 2.24) is 4.98 Å². The van der Waals surface area contributed by atoms with Crippen LogP contribution >= 0.6 is 19.4 Å². The third-order valence-electron chi connectivity index (χ3n) is 2.74. The highest BCUT2D eigenvalue weighted by Gasteiger charge is 2.29. The van der Waals surface area contributed by atoms with Gasteiger partial charge in [0.15, 0.2) is 16.5 Å². The summed E-state index contributed by atoms with van der Waals surface area (Å²) < 4.78 is 22.0. The number of nitrogen functional groups attached to an aromatic ring is 1. The molecule has 3 rings (SSSR count). The summed E-state index contributed by atoms with van der Waals surface area (Å²) in [7, 11) is -4.49. The molecule has 0 fully saturated rings. The molecular weight excluding hydrogens is 327 g/mol. The van der Waals surface area contributed by atoms with Crippen molar-refractivity contribution in [2.24, 2.45) is 0 Å². The van der Waals surface area contributed by atoms with Crippen molar-refractivity contribution in [3.05, 3.63) is 42.7 Å². The van der Waals surface area contributed by atoms with E-state index >= 15 is 0 Å². The van der Waals surface area contributed by atoms with E-state index < -0.39 is 7.60 Å². The average molecular weight is 338 g/mol. The van der Waals surface area contributed by atoms with E-state index in [0.717, 1.165) is 4.90 Å². The molecule has 0 saturated heterocycles. The molecule has 0 spiro atoms. The highest BCUT2D eigenvalue weighted by molar-refractivity contribution is 7.99. The second-order valence-corrected chi connectivity index (χ2v) is 6.90. The maximum absolute atomic E-state index is 11.5. The van der Waals surface area contributed by atoms with Crippen LogP contribution in [0.5, 0.6) is 0 Å². The van der Waals surface area contributed by atoms with Crippen LogP contribution in [0.3, 0.4) is 0 Å². The second-order valence-electron chi connectivity index (χ2n) is 4.28. The van der Waals surface area contributed by atoms with Gasteiger partial charge < -0.3 is 24.4 Å². The number of benzene rings is 1. The summed E-state index contributed by atoms with van der Waals surface area (Å²) in [4.78, 5) is 23.6. The predicted molar refractivity (Wildman–Crippen MR) is 80.9 cm³/mol. The monoisotopic (exact) mass is 338 g/mol. The molecule has 2 aromatic heterocycles. The molecule has 0 atom stereocenters. The lowest BCUT2D eigenvalue weighted by Gasteiger charge is -2.03. The van der Waals surface area contributed by atoms with Gasteiger partial charge in [-0.25, -0.2) is 0 Å². The van der Waals surface area contributed by atoms with Crippen molar-refractivity contribution >= 4 is 30.7 Å². The first-order chi connectivity index (χ1) is 10.4. The number of nitrogens with two attached hydrogens (primary N) is 1. The van der Waals surface area contributed by atoms with Crippen LogP contribution in [0.2, 0.25) is 0 Å². The first-order valence-electron chi connectivity index (χ1n) is 6.08. The van der Waals surface area contributed by atoms with Gasteiger partial charge in [0.1, 0.15) is 5.30 Å². The Labute approximate surface area is 129 Å². The van der Waals surface area contributed by atoms with Gasteiger partial charge in [0.2, 0.25) is 0 Å². The molecule has 0 unspecified atom stereocenters. The molecule has 1 aromatic carbocycles. The van der Waals surface area contributed by atoms with Gasteiger partial charge in [0.25, 0.3) is 6.01 Å². The fourth-order valence-corrected chi connectivity index (χ4v) is 3.39. The molecule has 4 N–H and O–H groups in total. The van der Waals surface area contributed by atoms with E-state index in [2.05, 4.69) is 4.98 Å². The van der Waals surface area contributed by atoms with Crippen LogP contribution in [0.4, 0.5) is 6.01 Å². The zero-order chi connectivity index (χ0) is 15.7. The van der Waals surface area contributed by atoms with E-state index in [-0.39, 0.29) is 22.8 Å². The van der Waals surface area contributed by atoms with Crippen LogP contribution in [0.15, 0.2) is 61.5 Å². The Bertz CT molecular complexity index is 839. The van der Waals surface area contributed by atoms with Gasteiger partial charge in [0.05, 0.1) is 6.26 Å². The van der Waals surface area contributed by atoms with E-state index in [1.165, 1.54) is 24.1 Å². The second kappa shape index (κ2) is 5.66. The maximum atomic E-state index is 11.5. The molecule has 0 aliphatic heterocycles. The molecule has 22 heavy (non-hydrogen) atoms. The van der Waals surface area contributed by atoms with E-state index in [1.807, 2.05) is 30.3 Å². The molecule has 0 aliphatic carbocycles. The van der Waals surface area contributed by atoms with Gasteiger partial charge in [-0.05, 0) is 30.0 Å². The fraction of sp³-hybridized carbons (Fsp3) is 0. The summed E-state index contributed by atoms with van der Waals surface area (Å²) in [6.45, 7) is 0. The van der Waals surface area contributed by atoms with Gasteiger partial charge in [-0.1, -0.05) is 18.2 Å². The normalized spacial score (nSPS) is 11.7. The van der Waals surface area contributed by atoms with Crippen molar-refractivity contribution in [3.8, 4) is 11.5 Å². The standard InChI is InChI=1S/C13H11N2O5PS/c14-13-15-10(11-9(6-7-19-11)21(16,17)18)12(20-13)22-8-4-2-1-3-5-8/h1-7H,(H2,14,15)(H2,16,17,18). The molecule has 9 heteroatoms. The molecule has 7 nitrogen and oxygen atoms in total. The van der Waals surface area contributed by atoms with Crippen LogP contribution < -0.4 is 11.0 Å². The number of rotatable bonds is 4. The van der Waals surface area contributed by atoms with Crippen molar-refractivity contribution in [1.29, 1.82) is 0 Å². The maximum Gasteiger partial charge on any atom is 0.360 e.